The van der Waals surface area contributed by atoms with Crippen molar-refractivity contribution in [2.24, 2.45) is 0 Å². The maximum Gasteiger partial charge on any atom is 0.274 e. The van der Waals surface area contributed by atoms with Crippen LogP contribution >= 0.6 is 11.6 Å². The van der Waals surface area contributed by atoms with Gasteiger partial charge in [0.25, 0.3) is 5.91 Å². The zero-order chi connectivity index (χ0) is 15.0. The van der Waals surface area contributed by atoms with Crippen LogP contribution < -0.4 is 5.32 Å². The molecule has 3 rings (SSSR count). The molecule has 1 atom stereocenters. The van der Waals surface area contributed by atoms with E-state index in [9.17, 15) is 9.59 Å². The number of carbonyl (C=O) groups is 2. The van der Waals surface area contributed by atoms with Crippen LogP contribution in [0.4, 0.5) is 0 Å². The van der Waals surface area contributed by atoms with Gasteiger partial charge in [-0.25, -0.2) is 4.98 Å². The number of fused-ring (bicyclic) bond motifs is 1. The number of imidazole rings is 1. The Bertz CT molecular complexity index is 712. The van der Waals surface area contributed by atoms with Crippen molar-refractivity contribution in [1.29, 1.82) is 0 Å². The van der Waals surface area contributed by atoms with E-state index in [4.69, 9.17) is 11.6 Å². The minimum atomic E-state index is -0.168. The number of hydrogen-bond acceptors (Lipinski definition) is 3. The summed E-state index contributed by atoms with van der Waals surface area (Å²) in [5.74, 6) is -0.197. The van der Waals surface area contributed by atoms with E-state index in [0.717, 1.165) is 0 Å². The summed E-state index contributed by atoms with van der Waals surface area (Å²) in [7, 11) is 0. The second-order valence-corrected chi connectivity index (χ2v) is 5.58. The molecule has 2 amide bonds. The Kier molecular flexibility index (Phi) is 3.55. The molecule has 0 aromatic carbocycles. The third-order valence-corrected chi connectivity index (χ3v) is 3.82. The summed E-state index contributed by atoms with van der Waals surface area (Å²) in [5, 5.41) is 3.37. The fraction of sp³-hybridized carbons (Fsp3) is 0.357. The highest BCUT2D eigenvalue weighted by atomic mass is 35.5. The van der Waals surface area contributed by atoms with Crippen LogP contribution in [0.1, 0.15) is 23.8 Å². The second-order valence-electron chi connectivity index (χ2n) is 5.14. The third-order valence-electron chi connectivity index (χ3n) is 3.60. The molecular weight excluding hydrogens is 292 g/mol. The van der Waals surface area contributed by atoms with Crippen molar-refractivity contribution >= 4 is 29.1 Å². The molecule has 1 N–H and O–H groups in total. The molecule has 0 bridgehead atoms. The number of carbonyl (C=O) groups excluding carboxylic acids is 2. The van der Waals surface area contributed by atoms with Gasteiger partial charge in [-0.3, -0.25) is 9.59 Å². The lowest BCUT2D eigenvalue weighted by atomic mass is 10.2. The molecule has 7 heteroatoms. The fourth-order valence-electron chi connectivity index (χ4n) is 2.42. The number of nitrogens with zero attached hydrogens (tertiary/aromatic N) is 3. The highest BCUT2D eigenvalue weighted by molar-refractivity contribution is 6.30. The number of pyridine rings is 1. The van der Waals surface area contributed by atoms with Crippen molar-refractivity contribution in [3.05, 3.63) is 35.2 Å². The van der Waals surface area contributed by atoms with Crippen LogP contribution in [0.25, 0.3) is 5.65 Å². The topological polar surface area (TPSA) is 66.7 Å². The Balaban J connectivity index is 1.90. The van der Waals surface area contributed by atoms with E-state index in [-0.39, 0.29) is 17.9 Å². The van der Waals surface area contributed by atoms with Gasteiger partial charge in [0.15, 0.2) is 0 Å². The van der Waals surface area contributed by atoms with Gasteiger partial charge in [-0.15, -0.1) is 0 Å². The fourth-order valence-corrected chi connectivity index (χ4v) is 2.59. The van der Waals surface area contributed by atoms with E-state index < -0.39 is 0 Å². The predicted molar refractivity (Wildman–Crippen MR) is 78.3 cm³/mol. The molecule has 0 radical (unpaired) electrons. The summed E-state index contributed by atoms with van der Waals surface area (Å²) in [6.07, 6.45) is 3.68. The molecule has 1 saturated heterocycles. The normalized spacial score (nSPS) is 19.4. The van der Waals surface area contributed by atoms with Gasteiger partial charge in [-0.2, -0.15) is 0 Å². The summed E-state index contributed by atoms with van der Waals surface area (Å²) in [5.41, 5.74) is 1.03. The highest BCUT2D eigenvalue weighted by Gasteiger charge is 2.26. The first-order valence-electron chi connectivity index (χ1n) is 6.76. The van der Waals surface area contributed by atoms with Gasteiger partial charge in [-0.05, 0) is 19.1 Å². The van der Waals surface area contributed by atoms with Gasteiger partial charge in [0, 0.05) is 37.9 Å². The molecule has 0 aliphatic carbocycles. The largest absolute Gasteiger partial charge is 0.354 e. The first-order chi connectivity index (χ1) is 10.0. The zero-order valence-electron chi connectivity index (χ0n) is 11.5. The van der Waals surface area contributed by atoms with Gasteiger partial charge in [0.1, 0.15) is 11.3 Å². The molecular formula is C14H15ClN4O2. The number of rotatable bonds is 1. The van der Waals surface area contributed by atoms with Gasteiger partial charge in [0.05, 0.1) is 5.02 Å². The van der Waals surface area contributed by atoms with Crippen LogP contribution in [0.2, 0.25) is 5.02 Å². The molecule has 1 fully saturated rings. The zero-order valence-corrected chi connectivity index (χ0v) is 12.3. The Morgan fingerprint density at radius 3 is 3.05 bits per heavy atom. The summed E-state index contributed by atoms with van der Waals surface area (Å²) in [6.45, 7) is 2.78. The van der Waals surface area contributed by atoms with Crippen LogP contribution in [0.15, 0.2) is 24.5 Å². The van der Waals surface area contributed by atoms with Gasteiger partial charge < -0.3 is 14.6 Å². The molecule has 3 heterocycles. The average Bonchev–Trinajstić information content (AvgIpc) is 2.80. The molecule has 1 unspecified atom stereocenters. The van der Waals surface area contributed by atoms with E-state index in [1.54, 1.807) is 33.8 Å². The van der Waals surface area contributed by atoms with Crippen molar-refractivity contribution < 1.29 is 9.59 Å². The van der Waals surface area contributed by atoms with Crippen LogP contribution in [-0.4, -0.2) is 45.2 Å². The Labute approximate surface area is 126 Å². The monoisotopic (exact) mass is 306 g/mol. The summed E-state index contributed by atoms with van der Waals surface area (Å²) in [4.78, 5) is 30.0. The highest BCUT2D eigenvalue weighted by Crippen LogP contribution is 2.15. The van der Waals surface area contributed by atoms with E-state index in [2.05, 4.69) is 10.3 Å². The van der Waals surface area contributed by atoms with E-state index in [0.29, 0.717) is 35.9 Å². The minimum absolute atomic E-state index is 0.0288. The summed E-state index contributed by atoms with van der Waals surface area (Å²) in [6, 6.07) is 3.43. The van der Waals surface area contributed by atoms with Gasteiger partial charge in [0.2, 0.25) is 5.91 Å². The van der Waals surface area contributed by atoms with Crippen LogP contribution in [0.5, 0.6) is 0 Å². The van der Waals surface area contributed by atoms with Crippen LogP contribution in [-0.2, 0) is 4.79 Å². The van der Waals surface area contributed by atoms with Crippen molar-refractivity contribution in [2.75, 3.05) is 13.1 Å². The number of aromatic nitrogens is 2. The van der Waals surface area contributed by atoms with Crippen molar-refractivity contribution in [3.8, 4) is 0 Å². The molecule has 1 aliphatic heterocycles. The number of amides is 2. The quantitative estimate of drug-likeness (QED) is 0.864. The second kappa shape index (κ2) is 5.37. The lowest BCUT2D eigenvalue weighted by molar-refractivity contribution is -0.120. The third kappa shape index (κ3) is 2.71. The van der Waals surface area contributed by atoms with E-state index >= 15 is 0 Å². The smallest absolute Gasteiger partial charge is 0.274 e. The maximum atomic E-state index is 12.6. The van der Waals surface area contributed by atoms with Crippen LogP contribution in [0, 0.1) is 0 Å². The first kappa shape index (κ1) is 13.9. The average molecular weight is 307 g/mol. The number of hydrogen-bond donors (Lipinski definition) is 1. The van der Waals surface area contributed by atoms with Crippen LogP contribution in [0.3, 0.4) is 0 Å². The summed E-state index contributed by atoms with van der Waals surface area (Å²) < 4.78 is 1.72. The van der Waals surface area contributed by atoms with Crippen molar-refractivity contribution in [1.82, 2.24) is 19.6 Å². The molecule has 0 saturated carbocycles. The Hall–Kier alpha value is -2.08. The lowest BCUT2D eigenvalue weighted by Gasteiger charge is -2.25. The molecule has 21 heavy (non-hydrogen) atoms. The standard InChI is InChI=1S/C14H15ClN4O2/c1-9-6-16-13(20)4-5-19(9)14(21)11-8-18-7-10(15)2-3-12(18)17-11/h2-3,7-9H,4-6H2,1H3,(H,16,20). The summed E-state index contributed by atoms with van der Waals surface area (Å²) >= 11 is 5.93. The predicted octanol–water partition coefficient (Wildman–Crippen LogP) is 1.34. The SMILES string of the molecule is CC1CNC(=O)CCN1C(=O)c1cn2cc(Cl)ccc2n1. The first-order valence-corrected chi connectivity index (χ1v) is 7.14. The van der Waals surface area contributed by atoms with Gasteiger partial charge in [-0.1, -0.05) is 11.6 Å². The molecule has 2 aromatic rings. The van der Waals surface area contributed by atoms with Crippen molar-refractivity contribution in [2.45, 2.75) is 19.4 Å². The molecule has 6 nitrogen and oxygen atoms in total. The lowest BCUT2D eigenvalue weighted by Crippen LogP contribution is -2.41. The molecule has 110 valence electrons. The minimum Gasteiger partial charge on any atom is -0.354 e. The number of nitrogens with one attached hydrogen (secondary N) is 1. The molecule has 1 aliphatic rings. The van der Waals surface area contributed by atoms with E-state index in [1.807, 2.05) is 6.92 Å². The number of halogens is 1. The van der Waals surface area contributed by atoms with E-state index in [1.165, 1.54) is 0 Å². The van der Waals surface area contributed by atoms with Gasteiger partial charge >= 0.3 is 0 Å². The molecule has 0 spiro atoms. The Morgan fingerprint density at radius 1 is 1.43 bits per heavy atom. The maximum absolute atomic E-state index is 12.6. The van der Waals surface area contributed by atoms with Crippen molar-refractivity contribution in [3.63, 3.8) is 0 Å². The molecule has 2 aromatic heterocycles. The Morgan fingerprint density at radius 2 is 2.24 bits per heavy atom.